The largest absolute Gasteiger partial charge is 2.00 e. The first-order valence-corrected chi connectivity index (χ1v) is 0. The molecule has 0 aliphatic rings. The first kappa shape index (κ1) is 60.2. The maximum atomic E-state index is 0. The molecule has 0 heterocycles. The molecule has 0 amide bonds. The third-order valence-electron chi connectivity index (χ3n) is 0. The maximum absolute atomic E-state index is 0. The smallest absolute Gasteiger partial charge is 0.813 e. The Labute approximate surface area is 74.5 Å². The Morgan fingerprint density at radius 1 is 0.600 bits per heavy atom. The molecule has 0 aliphatic carbocycles. The van der Waals surface area contributed by atoms with Crippen LogP contribution < -0.4 is 0 Å². The molecule has 0 aromatic carbocycles. The summed E-state index contributed by atoms with van der Waals surface area (Å²) in [5, 5.41) is 0. The van der Waals surface area contributed by atoms with E-state index in [1.807, 2.05) is 0 Å². The van der Waals surface area contributed by atoms with Crippen LogP contribution in [0.2, 0.25) is 0 Å². The first-order valence-electron chi connectivity index (χ1n) is 0. The monoisotopic (exact) mass is 318 g/mol. The summed E-state index contributed by atoms with van der Waals surface area (Å²) in [4.78, 5) is 0. The van der Waals surface area contributed by atoms with Gasteiger partial charge in [0.1, 0.15) is 0 Å². The van der Waals surface area contributed by atoms with Crippen molar-refractivity contribution >= 4 is 54.0 Å². The normalized spacial score (nSPS) is 0. The second-order valence-electron chi connectivity index (χ2n) is 0. The van der Waals surface area contributed by atoms with Gasteiger partial charge in [-0.1, -0.05) is 0 Å². The quantitative estimate of drug-likeness (QED) is 0.444. The van der Waals surface area contributed by atoms with Crippen molar-refractivity contribution in [2.75, 3.05) is 0 Å². The Bertz CT molecular complexity index is 3.61. The zero-order valence-electron chi connectivity index (χ0n) is 2.30. The van der Waals surface area contributed by atoms with E-state index < -0.39 is 0 Å². The van der Waals surface area contributed by atoms with Crippen LogP contribution in [-0.2, 0) is 48.1 Å². The average molecular weight is 318 g/mol. The van der Waals surface area contributed by atoms with Gasteiger partial charge in [-0.2, -0.15) is 27.0 Å². The third kappa shape index (κ3) is 23.3. The van der Waals surface area contributed by atoms with Gasteiger partial charge in [0.15, 0.2) is 0 Å². The molecule has 0 aromatic heterocycles. The van der Waals surface area contributed by atoms with Crippen LogP contribution in [-0.4, -0.2) is 0 Å². The third-order valence-corrected chi connectivity index (χ3v) is 0. The molecule has 0 aromatic rings. The molecule has 0 saturated carbocycles. The Kier molecular flexibility index (Phi) is 436. The molecule has 0 radical (unpaired) electrons. The van der Waals surface area contributed by atoms with Gasteiger partial charge in [0.2, 0.25) is 0 Å². The van der Waals surface area contributed by atoms with E-state index in [1.54, 1.807) is 0 Å². The van der Waals surface area contributed by atoms with Gasteiger partial charge in [-0.25, -0.2) is 0 Å². The van der Waals surface area contributed by atoms with E-state index in [9.17, 15) is 0 Å². The molecule has 0 atom stereocenters. The summed E-state index contributed by atoms with van der Waals surface area (Å²) in [6, 6.07) is 0. The van der Waals surface area contributed by atoms with Crippen LogP contribution in [0.4, 0.5) is 0 Å². The Hall–Kier alpha value is 2.09. The van der Waals surface area contributed by atoms with Crippen molar-refractivity contribution in [3.8, 4) is 0 Å². The zero-order valence-corrected chi connectivity index (χ0v) is 9.02. The minimum absolute atomic E-state index is 0. The summed E-state index contributed by atoms with van der Waals surface area (Å²) in [7, 11) is 0. The average Bonchev–Trinajstić information content (AvgIpc) is 0. The van der Waals surface area contributed by atoms with E-state index in [0.29, 0.717) is 0 Å². The molecule has 0 unspecified atom stereocenters. The van der Waals surface area contributed by atoms with Gasteiger partial charge in [-0.05, 0) is 0 Å². The van der Waals surface area contributed by atoms with Crippen LogP contribution in [0.1, 0.15) is 0 Å². The van der Waals surface area contributed by atoms with Crippen molar-refractivity contribution in [3.05, 3.63) is 0 Å². The molecule has 0 bridgehead atoms. The second kappa shape index (κ2) is 36.1. The molecule has 36 valence electrons. The van der Waals surface area contributed by atoms with Crippen molar-refractivity contribution in [1.29, 1.82) is 0 Å². The molecule has 0 nitrogen and oxygen atoms in total. The standard InChI is InChI=1S/4H2S.W/h4*1H2;/q;;;;+2/p-2. The SMILES string of the molecule is S.S.[SH-].[SH-].[W+2]. The minimum atomic E-state index is 0. The topological polar surface area (TPSA) is 0 Å². The molecular formula is H6S4W. The van der Waals surface area contributed by atoms with Crippen molar-refractivity contribution < 1.29 is 21.1 Å². The van der Waals surface area contributed by atoms with E-state index in [0.717, 1.165) is 0 Å². The van der Waals surface area contributed by atoms with Gasteiger partial charge in [-0.15, -0.1) is 0 Å². The van der Waals surface area contributed by atoms with Crippen LogP contribution in [0.15, 0.2) is 0 Å². The van der Waals surface area contributed by atoms with Crippen LogP contribution in [0.3, 0.4) is 0 Å². The molecular weight excluding hydrogens is 312 g/mol. The predicted molar refractivity (Wildman–Crippen MR) is 38.3 cm³/mol. The number of hydrogen-bond acceptors (Lipinski definition) is 2. The van der Waals surface area contributed by atoms with Crippen molar-refractivity contribution in [3.63, 3.8) is 0 Å². The molecule has 0 N–H and O–H groups in total. The summed E-state index contributed by atoms with van der Waals surface area (Å²) in [5.74, 6) is 0. The summed E-state index contributed by atoms with van der Waals surface area (Å²) >= 11 is 0. The fourth-order valence-electron chi connectivity index (χ4n) is 0. The summed E-state index contributed by atoms with van der Waals surface area (Å²) in [6.07, 6.45) is 0. The van der Waals surface area contributed by atoms with Gasteiger partial charge in [0.05, 0.1) is 0 Å². The van der Waals surface area contributed by atoms with Crippen LogP contribution in [0, 0.1) is 0 Å². The van der Waals surface area contributed by atoms with E-state index in [-0.39, 0.29) is 75.0 Å². The fraction of sp³-hybridized carbons (Fsp3) is 0. The summed E-state index contributed by atoms with van der Waals surface area (Å²) in [5.41, 5.74) is 0. The minimum Gasteiger partial charge on any atom is -0.813 e. The second-order valence-corrected chi connectivity index (χ2v) is 0. The maximum Gasteiger partial charge on any atom is 2.00 e. The Morgan fingerprint density at radius 3 is 0.600 bits per heavy atom. The van der Waals surface area contributed by atoms with Gasteiger partial charge in [0, 0.05) is 0 Å². The first-order chi connectivity index (χ1) is 0. The van der Waals surface area contributed by atoms with Gasteiger partial charge in [-0.3, -0.25) is 0 Å². The van der Waals surface area contributed by atoms with E-state index in [4.69, 9.17) is 0 Å². The molecule has 0 spiro atoms. The molecule has 5 heavy (non-hydrogen) atoms. The van der Waals surface area contributed by atoms with Gasteiger partial charge >= 0.3 is 21.1 Å². The molecule has 0 saturated heterocycles. The van der Waals surface area contributed by atoms with Crippen molar-refractivity contribution in [2.45, 2.75) is 0 Å². The van der Waals surface area contributed by atoms with Crippen LogP contribution >= 0.6 is 27.0 Å². The predicted octanol–water partition coefficient (Wildman–Crippen LogP) is -0.317. The fourth-order valence-corrected chi connectivity index (χ4v) is 0. The van der Waals surface area contributed by atoms with E-state index in [1.165, 1.54) is 0 Å². The number of rotatable bonds is 0. The van der Waals surface area contributed by atoms with Gasteiger partial charge < -0.3 is 27.0 Å². The molecule has 0 fully saturated rings. The number of thiol groups is 2. The van der Waals surface area contributed by atoms with Crippen molar-refractivity contribution in [1.82, 2.24) is 0 Å². The van der Waals surface area contributed by atoms with Crippen LogP contribution in [0.25, 0.3) is 0 Å². The summed E-state index contributed by atoms with van der Waals surface area (Å²) in [6.45, 7) is 0. The Morgan fingerprint density at radius 2 is 0.600 bits per heavy atom. The molecule has 0 rings (SSSR count). The van der Waals surface area contributed by atoms with E-state index >= 15 is 0 Å². The zero-order chi connectivity index (χ0) is 0. The Balaban J connectivity index is 0. The molecule has 0 aliphatic heterocycles. The van der Waals surface area contributed by atoms with E-state index in [2.05, 4.69) is 0 Å². The summed E-state index contributed by atoms with van der Waals surface area (Å²) < 4.78 is 0. The van der Waals surface area contributed by atoms with Crippen LogP contribution in [0.5, 0.6) is 0 Å². The number of hydrogen-bond donors (Lipinski definition) is 0. The van der Waals surface area contributed by atoms with Gasteiger partial charge in [0.25, 0.3) is 0 Å². The van der Waals surface area contributed by atoms with Crippen molar-refractivity contribution in [2.24, 2.45) is 0 Å². The molecule has 5 heteroatoms.